The van der Waals surface area contributed by atoms with Gasteiger partial charge in [-0.05, 0) is 32.6 Å². The first kappa shape index (κ1) is 7.56. The van der Waals surface area contributed by atoms with Crippen molar-refractivity contribution in [1.29, 1.82) is 0 Å². The Labute approximate surface area is 68.7 Å². The van der Waals surface area contributed by atoms with E-state index in [1.807, 2.05) is 0 Å². The normalized spacial score (nSPS) is 44.2. The molecule has 2 fully saturated rings. The fraction of sp³-hybridized carbons (Fsp3) is 1.00. The highest BCUT2D eigenvalue weighted by Crippen LogP contribution is 2.37. The highest BCUT2D eigenvalue weighted by Gasteiger charge is 2.43. The predicted molar refractivity (Wildman–Crippen MR) is 46.3 cm³/mol. The van der Waals surface area contributed by atoms with Gasteiger partial charge >= 0.3 is 0 Å². The van der Waals surface area contributed by atoms with Crippen molar-refractivity contribution in [2.24, 2.45) is 11.7 Å². The topological polar surface area (TPSA) is 29.3 Å². The second-order valence-electron chi connectivity index (χ2n) is 4.36. The van der Waals surface area contributed by atoms with E-state index in [0.717, 1.165) is 5.92 Å². The van der Waals surface area contributed by atoms with Gasteiger partial charge in [-0.2, -0.15) is 0 Å². The summed E-state index contributed by atoms with van der Waals surface area (Å²) in [7, 11) is 0. The van der Waals surface area contributed by atoms with Gasteiger partial charge in [0.25, 0.3) is 0 Å². The van der Waals surface area contributed by atoms with Gasteiger partial charge < -0.3 is 5.73 Å². The van der Waals surface area contributed by atoms with Crippen molar-refractivity contribution in [2.45, 2.75) is 44.8 Å². The van der Waals surface area contributed by atoms with Crippen LogP contribution in [0, 0.1) is 5.92 Å². The van der Waals surface area contributed by atoms with Crippen LogP contribution in [0.25, 0.3) is 0 Å². The zero-order valence-electron chi connectivity index (χ0n) is 7.46. The second-order valence-corrected chi connectivity index (χ2v) is 4.36. The summed E-state index contributed by atoms with van der Waals surface area (Å²) in [5.74, 6) is 0.914. The zero-order chi connectivity index (χ0) is 8.01. The smallest absolute Gasteiger partial charge is 0.0253 e. The van der Waals surface area contributed by atoms with E-state index in [4.69, 9.17) is 5.73 Å². The van der Waals surface area contributed by atoms with Gasteiger partial charge in [-0.1, -0.05) is 0 Å². The molecule has 2 aliphatic rings. The third-order valence-corrected chi connectivity index (χ3v) is 3.23. The highest BCUT2D eigenvalue weighted by molar-refractivity contribution is 5.00. The van der Waals surface area contributed by atoms with E-state index in [2.05, 4.69) is 18.7 Å². The highest BCUT2D eigenvalue weighted by atomic mass is 15.2. The van der Waals surface area contributed by atoms with Gasteiger partial charge in [-0.15, -0.1) is 0 Å². The number of nitrogens with zero attached hydrogens (tertiary/aromatic N) is 1. The summed E-state index contributed by atoms with van der Waals surface area (Å²) in [5, 5.41) is 0. The first-order valence-corrected chi connectivity index (χ1v) is 4.70. The Bertz CT molecular complexity index is 156. The van der Waals surface area contributed by atoms with Crippen LogP contribution in [0.1, 0.15) is 26.7 Å². The third-order valence-electron chi connectivity index (χ3n) is 3.23. The molecule has 0 aromatic carbocycles. The van der Waals surface area contributed by atoms with Crippen LogP contribution in [0.15, 0.2) is 0 Å². The van der Waals surface area contributed by atoms with E-state index in [0.29, 0.717) is 18.1 Å². The van der Waals surface area contributed by atoms with Crippen LogP contribution < -0.4 is 5.73 Å². The Balaban J connectivity index is 2.06. The Morgan fingerprint density at radius 2 is 2.09 bits per heavy atom. The monoisotopic (exact) mass is 154 g/mol. The maximum Gasteiger partial charge on any atom is 0.0253 e. The van der Waals surface area contributed by atoms with Gasteiger partial charge in [-0.25, -0.2) is 0 Å². The lowest BCUT2D eigenvalue weighted by Crippen LogP contribution is -2.48. The predicted octanol–water partition coefficient (Wildman–Crippen LogP) is 0.816. The zero-order valence-corrected chi connectivity index (χ0v) is 7.46. The van der Waals surface area contributed by atoms with Crippen LogP contribution in [0.4, 0.5) is 0 Å². The molecule has 1 saturated carbocycles. The molecule has 3 atom stereocenters. The number of hydrogen-bond acceptors (Lipinski definition) is 2. The number of nitrogens with two attached hydrogens (primary N) is 1. The molecule has 1 aliphatic heterocycles. The van der Waals surface area contributed by atoms with Gasteiger partial charge in [0.1, 0.15) is 0 Å². The molecule has 2 rings (SSSR count). The van der Waals surface area contributed by atoms with Crippen molar-refractivity contribution in [3.63, 3.8) is 0 Å². The van der Waals surface area contributed by atoms with Crippen LogP contribution in [-0.4, -0.2) is 29.6 Å². The van der Waals surface area contributed by atoms with Crippen molar-refractivity contribution >= 4 is 0 Å². The molecule has 0 amide bonds. The Morgan fingerprint density at radius 3 is 2.45 bits per heavy atom. The van der Waals surface area contributed by atoms with Crippen LogP contribution >= 0.6 is 0 Å². The van der Waals surface area contributed by atoms with Gasteiger partial charge in [0.2, 0.25) is 0 Å². The Kier molecular flexibility index (Phi) is 1.69. The van der Waals surface area contributed by atoms with E-state index in [-0.39, 0.29) is 0 Å². The van der Waals surface area contributed by atoms with Crippen molar-refractivity contribution in [3.8, 4) is 0 Å². The maximum atomic E-state index is 6.01. The molecule has 1 aliphatic carbocycles. The quantitative estimate of drug-likeness (QED) is 0.606. The SMILES string of the molecule is CC(C)N1CC2C[C@@H](N)[C@@H]1C2. The summed E-state index contributed by atoms with van der Waals surface area (Å²) in [6, 6.07) is 1.87. The Morgan fingerprint density at radius 1 is 1.36 bits per heavy atom. The molecule has 2 heteroatoms. The van der Waals surface area contributed by atoms with Crippen molar-refractivity contribution in [2.75, 3.05) is 6.54 Å². The molecule has 1 saturated heterocycles. The molecule has 11 heavy (non-hydrogen) atoms. The molecular formula is C9H18N2. The average molecular weight is 154 g/mol. The Hall–Kier alpha value is -0.0800. The number of rotatable bonds is 1. The molecule has 64 valence electrons. The molecule has 0 aromatic heterocycles. The van der Waals surface area contributed by atoms with Crippen molar-refractivity contribution < 1.29 is 0 Å². The number of hydrogen-bond donors (Lipinski definition) is 1. The lowest BCUT2D eigenvalue weighted by atomic mass is 10.1. The number of likely N-dealkylation sites (tertiary alicyclic amines) is 1. The van der Waals surface area contributed by atoms with E-state index in [9.17, 15) is 0 Å². The molecular weight excluding hydrogens is 136 g/mol. The summed E-state index contributed by atoms with van der Waals surface area (Å²) < 4.78 is 0. The summed E-state index contributed by atoms with van der Waals surface area (Å²) in [6.45, 7) is 5.84. The minimum atomic E-state index is 0.469. The second kappa shape index (κ2) is 2.46. The van der Waals surface area contributed by atoms with Crippen molar-refractivity contribution in [3.05, 3.63) is 0 Å². The van der Waals surface area contributed by atoms with Crippen molar-refractivity contribution in [1.82, 2.24) is 4.90 Å². The average Bonchev–Trinajstić information content (AvgIpc) is 2.43. The first-order chi connectivity index (χ1) is 5.18. The van der Waals surface area contributed by atoms with E-state index in [1.54, 1.807) is 0 Å². The van der Waals surface area contributed by atoms with Crippen LogP contribution in [0.3, 0.4) is 0 Å². The third kappa shape index (κ3) is 1.09. The molecule has 2 bridgehead atoms. The number of piperidine rings is 1. The minimum absolute atomic E-state index is 0.469. The van der Waals surface area contributed by atoms with Crippen LogP contribution in [-0.2, 0) is 0 Å². The molecule has 2 nitrogen and oxygen atoms in total. The van der Waals surface area contributed by atoms with Gasteiger partial charge in [-0.3, -0.25) is 4.90 Å². The maximum absolute atomic E-state index is 6.01. The number of fused-ring (bicyclic) bond motifs is 2. The van der Waals surface area contributed by atoms with Crippen LogP contribution in [0.2, 0.25) is 0 Å². The van der Waals surface area contributed by atoms with Gasteiger partial charge in [0.05, 0.1) is 0 Å². The molecule has 0 spiro atoms. The van der Waals surface area contributed by atoms with E-state index in [1.165, 1.54) is 19.4 Å². The van der Waals surface area contributed by atoms with E-state index >= 15 is 0 Å². The summed E-state index contributed by atoms with van der Waals surface area (Å²) in [5.41, 5.74) is 6.01. The molecule has 0 aromatic rings. The lowest BCUT2D eigenvalue weighted by molar-refractivity contribution is 0.153. The largest absolute Gasteiger partial charge is 0.326 e. The lowest BCUT2D eigenvalue weighted by Gasteiger charge is -2.34. The van der Waals surface area contributed by atoms with Gasteiger partial charge in [0.15, 0.2) is 0 Å². The summed E-state index contributed by atoms with van der Waals surface area (Å²) in [4.78, 5) is 2.57. The fourth-order valence-corrected chi connectivity index (χ4v) is 2.71. The molecule has 1 unspecified atom stereocenters. The standard InChI is InChI=1S/C9H18N2/c1-6(2)11-5-7-3-8(10)9(11)4-7/h6-9H,3-5,10H2,1-2H3/t7?,8-,9+/m1/s1. The van der Waals surface area contributed by atoms with E-state index < -0.39 is 0 Å². The summed E-state index contributed by atoms with van der Waals surface area (Å²) in [6.07, 6.45) is 2.63. The molecule has 1 heterocycles. The summed E-state index contributed by atoms with van der Waals surface area (Å²) >= 11 is 0. The fourth-order valence-electron chi connectivity index (χ4n) is 2.71. The molecule has 2 N–H and O–H groups in total. The van der Waals surface area contributed by atoms with Gasteiger partial charge in [0, 0.05) is 24.7 Å². The van der Waals surface area contributed by atoms with Crippen LogP contribution in [0.5, 0.6) is 0 Å². The molecule has 0 radical (unpaired) electrons. The minimum Gasteiger partial charge on any atom is -0.326 e. The first-order valence-electron chi connectivity index (χ1n) is 4.70.